The van der Waals surface area contributed by atoms with E-state index in [0.29, 0.717) is 25.7 Å². The number of hydrogen-bond donors (Lipinski definition) is 3. The van der Waals surface area contributed by atoms with Crippen molar-refractivity contribution in [2.75, 3.05) is 39.6 Å². The van der Waals surface area contributed by atoms with Gasteiger partial charge in [0.1, 0.15) is 19.3 Å². The van der Waals surface area contributed by atoms with E-state index in [4.69, 9.17) is 37.0 Å². The lowest BCUT2D eigenvalue weighted by Gasteiger charge is -2.21. The van der Waals surface area contributed by atoms with Crippen molar-refractivity contribution in [2.24, 2.45) is 5.92 Å². The van der Waals surface area contributed by atoms with E-state index >= 15 is 0 Å². The highest BCUT2D eigenvalue weighted by molar-refractivity contribution is 7.47. The van der Waals surface area contributed by atoms with Crippen molar-refractivity contribution in [2.45, 2.75) is 425 Å². The molecule has 570 valence electrons. The number of carbonyl (C=O) groups is 4. The topological polar surface area (TPSA) is 237 Å². The van der Waals surface area contributed by atoms with Crippen LogP contribution in [0, 0.1) is 5.92 Å². The second-order valence-corrected chi connectivity index (χ2v) is 30.9. The third-order valence-electron chi connectivity index (χ3n) is 18.4. The number of phosphoric ester groups is 2. The number of hydrogen-bond acceptors (Lipinski definition) is 15. The molecule has 0 spiro atoms. The Balaban J connectivity index is 5.24. The molecule has 0 saturated heterocycles. The standard InChI is InChI=1S/C77H150O17P2/c1-6-10-13-16-19-22-25-28-29-30-31-32-33-35-38-41-47-52-57-62-76(81)93-72(66-87-75(80)61-56-51-46-40-37-34-26-23-20-17-14-11-7-2)68-91-95(83,84)89-64-71(78)65-90-96(85,86)92-69-73(94-77(82)63-58-53-48-43-42-44-49-54-59-70(5)9-4)67-88-74(79)60-55-50-45-39-36-27-24-21-18-15-12-8-3/h70-73,78H,6-69H2,1-5H3,(H,83,84)(H,85,86)/t70?,71-,72-,73-/m1/s1. The summed E-state index contributed by atoms with van der Waals surface area (Å²) < 4.78 is 68.6. The number of phosphoric acid groups is 2. The fraction of sp³-hybridized carbons (Fsp3) is 0.948. The van der Waals surface area contributed by atoms with Crippen molar-refractivity contribution in [3.05, 3.63) is 0 Å². The summed E-state index contributed by atoms with van der Waals surface area (Å²) in [5.41, 5.74) is 0. The highest BCUT2D eigenvalue weighted by Gasteiger charge is 2.30. The Kier molecular flexibility index (Phi) is 68.7. The number of aliphatic hydroxyl groups excluding tert-OH is 1. The Labute approximate surface area is 588 Å². The number of aliphatic hydroxyl groups is 1. The summed E-state index contributed by atoms with van der Waals surface area (Å²) in [7, 11) is -9.91. The second kappa shape index (κ2) is 70.1. The van der Waals surface area contributed by atoms with E-state index in [1.807, 2.05) is 0 Å². The maximum Gasteiger partial charge on any atom is 0.472 e. The predicted octanol–water partition coefficient (Wildman–Crippen LogP) is 22.9. The van der Waals surface area contributed by atoms with Gasteiger partial charge in [0.2, 0.25) is 0 Å². The van der Waals surface area contributed by atoms with E-state index in [1.165, 1.54) is 231 Å². The van der Waals surface area contributed by atoms with Crippen LogP contribution in [-0.4, -0.2) is 96.7 Å². The monoisotopic (exact) mass is 1410 g/mol. The van der Waals surface area contributed by atoms with Gasteiger partial charge in [0.15, 0.2) is 12.2 Å². The summed E-state index contributed by atoms with van der Waals surface area (Å²) in [6, 6.07) is 0. The average molecular weight is 1410 g/mol. The Morgan fingerprint density at radius 3 is 0.740 bits per heavy atom. The van der Waals surface area contributed by atoms with Crippen LogP contribution in [0.4, 0.5) is 0 Å². The first-order valence-corrected chi connectivity index (χ1v) is 43.2. The Bertz CT molecular complexity index is 1840. The number of ether oxygens (including phenoxy) is 4. The van der Waals surface area contributed by atoms with Gasteiger partial charge in [-0.05, 0) is 31.6 Å². The molecule has 0 aliphatic carbocycles. The number of esters is 4. The minimum atomic E-state index is -4.96. The molecule has 0 aliphatic heterocycles. The Hall–Kier alpha value is -1.94. The minimum Gasteiger partial charge on any atom is -0.462 e. The molecule has 0 heterocycles. The van der Waals surface area contributed by atoms with Crippen molar-refractivity contribution in [3.63, 3.8) is 0 Å². The van der Waals surface area contributed by atoms with E-state index < -0.39 is 97.5 Å². The molecule has 0 fully saturated rings. The van der Waals surface area contributed by atoms with Crippen molar-refractivity contribution >= 4 is 39.5 Å². The van der Waals surface area contributed by atoms with Crippen LogP contribution in [0.5, 0.6) is 0 Å². The van der Waals surface area contributed by atoms with Crippen LogP contribution in [0.3, 0.4) is 0 Å². The number of rotatable bonds is 77. The van der Waals surface area contributed by atoms with E-state index in [2.05, 4.69) is 34.6 Å². The van der Waals surface area contributed by atoms with Gasteiger partial charge in [-0.1, -0.05) is 356 Å². The Morgan fingerprint density at radius 2 is 0.500 bits per heavy atom. The van der Waals surface area contributed by atoms with Crippen LogP contribution in [0.15, 0.2) is 0 Å². The SMILES string of the molecule is CCCCCCCCCCCCCCCCCCCCCC(=O)O[C@H](COC(=O)CCCCCCCCCCCCCCC)COP(=O)(O)OC[C@@H](O)COP(=O)(O)OC[C@@H](COC(=O)CCCCCCCCCCCCCC)OC(=O)CCCCCCCCCCC(C)CC. The number of carbonyl (C=O) groups excluding carboxylic acids is 4. The van der Waals surface area contributed by atoms with Crippen molar-refractivity contribution in [1.82, 2.24) is 0 Å². The maximum atomic E-state index is 13.1. The van der Waals surface area contributed by atoms with Gasteiger partial charge in [0.25, 0.3) is 0 Å². The van der Waals surface area contributed by atoms with Crippen LogP contribution >= 0.6 is 15.6 Å². The summed E-state index contributed by atoms with van der Waals surface area (Å²) in [5.74, 6) is -1.34. The van der Waals surface area contributed by atoms with Gasteiger partial charge in [-0.2, -0.15) is 0 Å². The summed E-state index contributed by atoms with van der Waals surface area (Å²) in [6.45, 7) is 7.30. The van der Waals surface area contributed by atoms with Crippen LogP contribution < -0.4 is 0 Å². The highest BCUT2D eigenvalue weighted by atomic mass is 31.2. The summed E-state index contributed by atoms with van der Waals surface area (Å²) >= 11 is 0. The zero-order chi connectivity index (χ0) is 70.5. The quantitative estimate of drug-likeness (QED) is 0.0222. The van der Waals surface area contributed by atoms with Crippen molar-refractivity contribution in [1.29, 1.82) is 0 Å². The fourth-order valence-corrected chi connectivity index (χ4v) is 13.4. The van der Waals surface area contributed by atoms with Crippen LogP contribution in [0.25, 0.3) is 0 Å². The van der Waals surface area contributed by atoms with E-state index in [0.717, 1.165) is 95.8 Å². The highest BCUT2D eigenvalue weighted by Crippen LogP contribution is 2.45. The van der Waals surface area contributed by atoms with Crippen LogP contribution in [0.2, 0.25) is 0 Å². The van der Waals surface area contributed by atoms with Gasteiger partial charge in [0.05, 0.1) is 26.4 Å². The molecule has 0 amide bonds. The van der Waals surface area contributed by atoms with Gasteiger partial charge in [-0.15, -0.1) is 0 Å². The first-order valence-electron chi connectivity index (χ1n) is 40.2. The average Bonchev–Trinajstić information content (AvgIpc) is 1.65. The molecule has 17 nitrogen and oxygen atoms in total. The van der Waals surface area contributed by atoms with Gasteiger partial charge in [0, 0.05) is 25.7 Å². The van der Waals surface area contributed by atoms with E-state index in [1.54, 1.807) is 0 Å². The van der Waals surface area contributed by atoms with E-state index in [-0.39, 0.29) is 25.7 Å². The zero-order valence-corrected chi connectivity index (χ0v) is 64.3. The molecule has 3 unspecified atom stereocenters. The van der Waals surface area contributed by atoms with Gasteiger partial charge in [-0.3, -0.25) is 37.3 Å². The van der Waals surface area contributed by atoms with E-state index in [9.17, 15) is 43.2 Å². The molecule has 0 aliphatic rings. The number of unbranched alkanes of at least 4 members (excludes halogenated alkanes) is 48. The largest absolute Gasteiger partial charge is 0.472 e. The molecule has 0 saturated carbocycles. The first-order chi connectivity index (χ1) is 46.6. The molecule has 0 bridgehead atoms. The Morgan fingerprint density at radius 1 is 0.292 bits per heavy atom. The molecular weight excluding hydrogens is 1260 g/mol. The molecule has 0 aromatic carbocycles. The first kappa shape index (κ1) is 94.1. The lowest BCUT2D eigenvalue weighted by atomic mass is 9.99. The molecule has 96 heavy (non-hydrogen) atoms. The molecule has 19 heteroatoms. The lowest BCUT2D eigenvalue weighted by Crippen LogP contribution is -2.30. The second-order valence-electron chi connectivity index (χ2n) is 28.0. The van der Waals surface area contributed by atoms with Gasteiger partial charge in [-0.25, -0.2) is 9.13 Å². The minimum absolute atomic E-state index is 0.106. The molecular formula is C77H150O17P2. The molecule has 6 atom stereocenters. The summed E-state index contributed by atoms with van der Waals surface area (Å²) in [4.78, 5) is 72.9. The molecule has 0 aromatic rings. The van der Waals surface area contributed by atoms with Crippen LogP contribution in [0.1, 0.15) is 407 Å². The fourth-order valence-electron chi connectivity index (χ4n) is 11.8. The normalized spacial score (nSPS) is 14.2. The third kappa shape index (κ3) is 69.2. The smallest absolute Gasteiger partial charge is 0.462 e. The summed E-state index contributed by atoms with van der Waals surface area (Å²) in [6.07, 6.45) is 59.5. The molecule has 0 rings (SSSR count). The molecule has 3 N–H and O–H groups in total. The van der Waals surface area contributed by atoms with Gasteiger partial charge < -0.3 is 33.8 Å². The third-order valence-corrected chi connectivity index (χ3v) is 20.3. The summed E-state index contributed by atoms with van der Waals surface area (Å²) in [5, 5.41) is 10.6. The zero-order valence-electron chi connectivity index (χ0n) is 62.5. The molecule has 0 aromatic heterocycles. The maximum absolute atomic E-state index is 13.1. The van der Waals surface area contributed by atoms with Gasteiger partial charge >= 0.3 is 39.5 Å². The lowest BCUT2D eigenvalue weighted by molar-refractivity contribution is -0.161. The predicted molar refractivity (Wildman–Crippen MR) is 391 cm³/mol. The van der Waals surface area contributed by atoms with Crippen molar-refractivity contribution in [3.8, 4) is 0 Å². The van der Waals surface area contributed by atoms with Crippen molar-refractivity contribution < 1.29 is 80.2 Å². The molecule has 0 radical (unpaired) electrons. The van der Waals surface area contributed by atoms with Crippen LogP contribution in [-0.2, 0) is 65.4 Å².